The molecule has 1 aliphatic rings. The first-order chi connectivity index (χ1) is 4.33. The maximum Gasteiger partial charge on any atom is 0.249 e. The Kier molecular flexibility index (Phi) is 1.67. The van der Waals surface area contributed by atoms with Crippen molar-refractivity contribution in [1.29, 1.82) is 0 Å². The Morgan fingerprint density at radius 3 is 3.11 bits per heavy atom. The van der Waals surface area contributed by atoms with Gasteiger partial charge in [0, 0.05) is 0 Å². The molecular formula is C5H8N2O2. The summed E-state index contributed by atoms with van der Waals surface area (Å²) in [5.74, 6) is 0.390. The molecular weight excluding hydrogens is 120 g/mol. The van der Waals surface area contributed by atoms with Gasteiger partial charge >= 0.3 is 0 Å². The molecule has 1 N–H and O–H groups in total. The van der Waals surface area contributed by atoms with E-state index in [1.165, 1.54) is 0 Å². The number of nitrogens with zero attached hydrogens (tertiary/aromatic N) is 1. The minimum atomic E-state index is -0.0987. The summed E-state index contributed by atoms with van der Waals surface area (Å²) in [6.07, 6.45) is 0.286. The highest BCUT2D eigenvalue weighted by molar-refractivity contribution is 6.00. The van der Waals surface area contributed by atoms with Crippen molar-refractivity contribution in [2.24, 2.45) is 5.10 Å². The van der Waals surface area contributed by atoms with Crippen LogP contribution in [0.5, 0.6) is 0 Å². The Hall–Kier alpha value is -1.06. The molecule has 4 heteroatoms. The van der Waals surface area contributed by atoms with Gasteiger partial charge in [0.15, 0.2) is 0 Å². The fourth-order valence-corrected chi connectivity index (χ4v) is 0.591. The zero-order valence-electron chi connectivity index (χ0n) is 5.18. The summed E-state index contributed by atoms with van der Waals surface area (Å²) < 4.78 is 4.94. The second-order valence-corrected chi connectivity index (χ2v) is 1.65. The fraction of sp³-hybridized carbons (Fsp3) is 0.600. The van der Waals surface area contributed by atoms with Crippen molar-refractivity contribution in [3.05, 3.63) is 0 Å². The van der Waals surface area contributed by atoms with Gasteiger partial charge < -0.3 is 4.74 Å². The number of ether oxygens (including phenoxy) is 1. The lowest BCUT2D eigenvalue weighted by atomic mass is 10.4. The first-order valence-corrected chi connectivity index (χ1v) is 2.81. The van der Waals surface area contributed by atoms with Gasteiger partial charge in [-0.3, -0.25) is 4.79 Å². The molecule has 0 saturated carbocycles. The average molecular weight is 128 g/mol. The van der Waals surface area contributed by atoms with Crippen molar-refractivity contribution in [2.45, 2.75) is 13.3 Å². The lowest BCUT2D eigenvalue weighted by Crippen LogP contribution is -2.09. The van der Waals surface area contributed by atoms with Crippen LogP contribution >= 0.6 is 0 Å². The van der Waals surface area contributed by atoms with Gasteiger partial charge in [0.1, 0.15) is 6.42 Å². The van der Waals surface area contributed by atoms with Crippen molar-refractivity contribution in [2.75, 3.05) is 6.61 Å². The van der Waals surface area contributed by atoms with E-state index in [1.54, 1.807) is 0 Å². The van der Waals surface area contributed by atoms with Gasteiger partial charge in [-0.25, -0.2) is 5.43 Å². The van der Waals surface area contributed by atoms with Crippen molar-refractivity contribution in [3.63, 3.8) is 0 Å². The van der Waals surface area contributed by atoms with E-state index in [4.69, 9.17) is 4.74 Å². The molecule has 0 radical (unpaired) electrons. The SMILES string of the molecule is CCOC1=NNC(=O)C1. The van der Waals surface area contributed by atoms with Gasteiger partial charge in [-0.1, -0.05) is 0 Å². The van der Waals surface area contributed by atoms with Gasteiger partial charge in [-0.2, -0.15) is 0 Å². The van der Waals surface area contributed by atoms with Gasteiger partial charge in [-0.05, 0) is 6.92 Å². The molecule has 0 bridgehead atoms. The van der Waals surface area contributed by atoms with E-state index in [-0.39, 0.29) is 12.3 Å². The third-order valence-corrected chi connectivity index (χ3v) is 0.928. The third kappa shape index (κ3) is 1.42. The van der Waals surface area contributed by atoms with E-state index in [9.17, 15) is 4.79 Å². The van der Waals surface area contributed by atoms with Gasteiger partial charge in [0.2, 0.25) is 11.8 Å². The van der Waals surface area contributed by atoms with Gasteiger partial charge in [0.05, 0.1) is 6.61 Å². The molecule has 1 rings (SSSR count). The highest BCUT2D eigenvalue weighted by Gasteiger charge is 2.14. The number of hydrogen-bond donors (Lipinski definition) is 1. The molecule has 4 nitrogen and oxygen atoms in total. The van der Waals surface area contributed by atoms with Crippen LogP contribution in [0.2, 0.25) is 0 Å². The van der Waals surface area contributed by atoms with Crippen LogP contribution in [-0.2, 0) is 9.53 Å². The van der Waals surface area contributed by atoms with Crippen LogP contribution in [-0.4, -0.2) is 18.4 Å². The first kappa shape index (κ1) is 6.07. The highest BCUT2D eigenvalue weighted by atomic mass is 16.5. The summed E-state index contributed by atoms with van der Waals surface area (Å²) in [6, 6.07) is 0. The minimum Gasteiger partial charge on any atom is -0.480 e. The van der Waals surface area contributed by atoms with E-state index in [0.29, 0.717) is 12.5 Å². The highest BCUT2D eigenvalue weighted by Crippen LogP contribution is 1.95. The third-order valence-electron chi connectivity index (χ3n) is 0.928. The Labute approximate surface area is 52.9 Å². The zero-order chi connectivity index (χ0) is 6.69. The lowest BCUT2D eigenvalue weighted by molar-refractivity contribution is -0.119. The molecule has 0 saturated heterocycles. The molecule has 1 amide bonds. The molecule has 50 valence electrons. The van der Waals surface area contributed by atoms with E-state index in [2.05, 4.69) is 10.5 Å². The Morgan fingerprint density at radius 2 is 2.67 bits per heavy atom. The maximum atomic E-state index is 10.4. The van der Waals surface area contributed by atoms with Crippen LogP contribution in [0.1, 0.15) is 13.3 Å². The summed E-state index contributed by atoms with van der Waals surface area (Å²) in [7, 11) is 0. The number of carbonyl (C=O) groups is 1. The molecule has 1 heterocycles. The van der Waals surface area contributed by atoms with Crippen molar-refractivity contribution in [1.82, 2.24) is 5.43 Å². The topological polar surface area (TPSA) is 50.7 Å². The van der Waals surface area contributed by atoms with Crippen LogP contribution in [0.25, 0.3) is 0 Å². The molecule has 0 atom stereocenters. The molecule has 9 heavy (non-hydrogen) atoms. The molecule has 0 aliphatic carbocycles. The zero-order valence-corrected chi connectivity index (χ0v) is 5.18. The monoisotopic (exact) mass is 128 g/mol. The van der Waals surface area contributed by atoms with E-state index in [1.807, 2.05) is 6.92 Å². The molecule has 1 aliphatic heterocycles. The number of hydrazone groups is 1. The van der Waals surface area contributed by atoms with E-state index >= 15 is 0 Å². The second kappa shape index (κ2) is 2.48. The molecule has 0 aromatic heterocycles. The van der Waals surface area contributed by atoms with Crippen LogP contribution in [0.15, 0.2) is 5.10 Å². The smallest absolute Gasteiger partial charge is 0.249 e. The van der Waals surface area contributed by atoms with E-state index < -0.39 is 0 Å². The summed E-state index contributed by atoms with van der Waals surface area (Å²) in [4.78, 5) is 10.4. The van der Waals surface area contributed by atoms with Gasteiger partial charge in [-0.15, -0.1) is 5.10 Å². The normalized spacial score (nSPS) is 17.0. The summed E-state index contributed by atoms with van der Waals surface area (Å²) >= 11 is 0. The molecule has 0 aromatic carbocycles. The predicted molar refractivity (Wildman–Crippen MR) is 31.8 cm³/mol. The lowest BCUT2D eigenvalue weighted by Gasteiger charge is -1.95. The molecule has 0 aromatic rings. The van der Waals surface area contributed by atoms with Crippen LogP contribution in [0.4, 0.5) is 0 Å². The summed E-state index contributed by atoms with van der Waals surface area (Å²) in [6.45, 7) is 2.42. The largest absolute Gasteiger partial charge is 0.480 e. The summed E-state index contributed by atoms with van der Waals surface area (Å²) in [5, 5.41) is 3.60. The second-order valence-electron chi connectivity index (χ2n) is 1.65. The molecule has 0 fully saturated rings. The summed E-state index contributed by atoms with van der Waals surface area (Å²) in [5.41, 5.74) is 2.28. The maximum absolute atomic E-state index is 10.4. The van der Waals surface area contributed by atoms with Crippen LogP contribution < -0.4 is 5.43 Å². The standard InChI is InChI=1S/C5H8N2O2/c1-2-9-5-3-4(8)6-7-5/h2-3H2,1H3,(H,6,8). The van der Waals surface area contributed by atoms with E-state index in [0.717, 1.165) is 0 Å². The average Bonchev–Trinajstić information content (AvgIpc) is 2.17. The predicted octanol–water partition coefficient (Wildman–Crippen LogP) is -0.144. The molecule has 0 unspecified atom stereocenters. The first-order valence-electron chi connectivity index (χ1n) is 2.81. The molecule has 0 spiro atoms. The number of carbonyl (C=O) groups excluding carboxylic acids is 1. The van der Waals surface area contributed by atoms with Crippen molar-refractivity contribution >= 4 is 11.8 Å². The fourth-order valence-electron chi connectivity index (χ4n) is 0.591. The number of amides is 1. The Balaban J connectivity index is 2.36. The van der Waals surface area contributed by atoms with Crippen molar-refractivity contribution < 1.29 is 9.53 Å². The van der Waals surface area contributed by atoms with Crippen LogP contribution in [0.3, 0.4) is 0 Å². The van der Waals surface area contributed by atoms with Crippen molar-refractivity contribution in [3.8, 4) is 0 Å². The van der Waals surface area contributed by atoms with Crippen LogP contribution in [0, 0.1) is 0 Å². The van der Waals surface area contributed by atoms with Gasteiger partial charge in [0.25, 0.3) is 0 Å². The number of nitrogens with one attached hydrogen (secondary N) is 1. The number of hydrogen-bond acceptors (Lipinski definition) is 3. The quantitative estimate of drug-likeness (QED) is 0.534. The Morgan fingerprint density at radius 1 is 1.89 bits per heavy atom. The number of rotatable bonds is 1. The Bertz CT molecular complexity index is 153. The minimum absolute atomic E-state index is 0.0987.